The summed E-state index contributed by atoms with van der Waals surface area (Å²) in [6.07, 6.45) is 4.78. The van der Waals surface area contributed by atoms with E-state index in [2.05, 4.69) is 15.1 Å². The maximum Gasteiger partial charge on any atom is 0.236 e. The number of likely N-dealkylation sites (tertiary alicyclic amines) is 1. The Bertz CT molecular complexity index is 668. The first-order chi connectivity index (χ1) is 13.0. The Morgan fingerprint density at radius 1 is 1.04 bits per heavy atom. The molecule has 2 fully saturated rings. The van der Waals surface area contributed by atoms with Crippen LogP contribution in [-0.2, 0) is 4.79 Å². The van der Waals surface area contributed by atoms with E-state index in [1.165, 1.54) is 12.8 Å². The SMILES string of the molecule is Cc1c(Cl)cccc1NC(=S)N1CCN(CC(=O)N2CCCCCC2)CC1. The van der Waals surface area contributed by atoms with Crippen molar-refractivity contribution in [3.05, 3.63) is 28.8 Å². The molecule has 3 rings (SSSR count). The van der Waals surface area contributed by atoms with Gasteiger partial charge in [0.15, 0.2) is 5.11 Å². The number of piperazine rings is 1. The highest BCUT2D eigenvalue weighted by atomic mass is 35.5. The number of nitrogens with zero attached hydrogens (tertiary/aromatic N) is 3. The molecule has 2 aliphatic heterocycles. The van der Waals surface area contributed by atoms with Crippen LogP contribution in [0.5, 0.6) is 0 Å². The smallest absolute Gasteiger partial charge is 0.236 e. The van der Waals surface area contributed by atoms with Crippen molar-refractivity contribution in [3.8, 4) is 0 Å². The van der Waals surface area contributed by atoms with Crippen LogP contribution in [0.1, 0.15) is 31.2 Å². The van der Waals surface area contributed by atoms with Crippen molar-refractivity contribution in [2.45, 2.75) is 32.6 Å². The highest BCUT2D eigenvalue weighted by Crippen LogP contribution is 2.23. The minimum atomic E-state index is 0.278. The number of thiocarbonyl (C=S) groups is 1. The van der Waals surface area contributed by atoms with Gasteiger partial charge in [0, 0.05) is 50.0 Å². The summed E-state index contributed by atoms with van der Waals surface area (Å²) in [5.41, 5.74) is 1.95. The molecule has 0 aromatic heterocycles. The van der Waals surface area contributed by atoms with Crippen molar-refractivity contribution < 1.29 is 4.79 Å². The molecule has 0 bridgehead atoms. The fourth-order valence-corrected chi connectivity index (χ4v) is 4.12. The second kappa shape index (κ2) is 9.71. The number of anilines is 1. The van der Waals surface area contributed by atoms with Crippen LogP contribution in [0.15, 0.2) is 18.2 Å². The van der Waals surface area contributed by atoms with E-state index in [-0.39, 0.29) is 5.91 Å². The van der Waals surface area contributed by atoms with Crippen LogP contribution in [-0.4, -0.2) is 71.5 Å². The number of benzene rings is 1. The molecular weight excluding hydrogens is 380 g/mol. The largest absolute Gasteiger partial charge is 0.346 e. The number of carbonyl (C=O) groups is 1. The van der Waals surface area contributed by atoms with Crippen molar-refractivity contribution in [2.75, 3.05) is 51.1 Å². The Hall–Kier alpha value is -1.37. The van der Waals surface area contributed by atoms with E-state index in [1.807, 2.05) is 30.0 Å². The van der Waals surface area contributed by atoms with Crippen LogP contribution in [0.3, 0.4) is 0 Å². The van der Waals surface area contributed by atoms with Crippen molar-refractivity contribution in [1.82, 2.24) is 14.7 Å². The number of hydrogen-bond donors (Lipinski definition) is 1. The number of carbonyl (C=O) groups excluding carboxylic acids is 1. The molecule has 2 aliphatic rings. The Balaban J connectivity index is 1.46. The second-order valence-electron chi connectivity index (χ2n) is 7.40. The molecule has 2 saturated heterocycles. The average Bonchev–Trinajstić information content (AvgIpc) is 2.95. The van der Waals surface area contributed by atoms with E-state index < -0.39 is 0 Å². The van der Waals surface area contributed by atoms with Crippen LogP contribution in [0.2, 0.25) is 5.02 Å². The maximum absolute atomic E-state index is 12.6. The van der Waals surface area contributed by atoms with E-state index in [0.717, 1.165) is 73.5 Å². The Morgan fingerprint density at radius 2 is 1.70 bits per heavy atom. The van der Waals surface area contributed by atoms with E-state index in [9.17, 15) is 4.79 Å². The molecule has 2 heterocycles. The zero-order chi connectivity index (χ0) is 19.2. The lowest BCUT2D eigenvalue weighted by Crippen LogP contribution is -2.52. The number of halogens is 1. The Morgan fingerprint density at radius 3 is 2.37 bits per heavy atom. The summed E-state index contributed by atoms with van der Waals surface area (Å²) in [6, 6.07) is 5.79. The van der Waals surface area contributed by atoms with Gasteiger partial charge >= 0.3 is 0 Å². The molecular formula is C20H29ClN4OS. The van der Waals surface area contributed by atoms with Crippen LogP contribution in [0.4, 0.5) is 5.69 Å². The van der Waals surface area contributed by atoms with E-state index >= 15 is 0 Å². The van der Waals surface area contributed by atoms with Gasteiger partial charge in [0.05, 0.1) is 6.54 Å². The topological polar surface area (TPSA) is 38.8 Å². The lowest BCUT2D eigenvalue weighted by molar-refractivity contribution is -0.132. The number of hydrogen-bond acceptors (Lipinski definition) is 3. The van der Waals surface area contributed by atoms with Crippen molar-refractivity contribution in [2.24, 2.45) is 0 Å². The molecule has 148 valence electrons. The number of rotatable bonds is 3. The van der Waals surface area contributed by atoms with Gasteiger partial charge in [0.25, 0.3) is 0 Å². The van der Waals surface area contributed by atoms with E-state index in [4.69, 9.17) is 23.8 Å². The first-order valence-electron chi connectivity index (χ1n) is 9.86. The van der Waals surface area contributed by atoms with Gasteiger partial charge in [-0.05, 0) is 49.7 Å². The van der Waals surface area contributed by atoms with Crippen molar-refractivity contribution in [3.63, 3.8) is 0 Å². The van der Waals surface area contributed by atoms with Crippen LogP contribution in [0.25, 0.3) is 0 Å². The predicted octanol–water partition coefficient (Wildman–Crippen LogP) is 3.37. The summed E-state index contributed by atoms with van der Waals surface area (Å²) in [5, 5.41) is 4.77. The molecule has 0 unspecified atom stereocenters. The van der Waals surface area contributed by atoms with E-state index in [0.29, 0.717) is 6.54 Å². The zero-order valence-corrected chi connectivity index (χ0v) is 17.6. The third-order valence-corrected chi connectivity index (χ3v) is 6.26. The van der Waals surface area contributed by atoms with Gasteiger partial charge in [-0.1, -0.05) is 30.5 Å². The molecule has 7 heteroatoms. The first kappa shape index (κ1) is 20.4. The third-order valence-electron chi connectivity index (χ3n) is 5.49. The molecule has 27 heavy (non-hydrogen) atoms. The fourth-order valence-electron chi connectivity index (χ4n) is 3.66. The van der Waals surface area contributed by atoms with Crippen molar-refractivity contribution >= 4 is 40.5 Å². The van der Waals surface area contributed by atoms with Crippen molar-refractivity contribution in [1.29, 1.82) is 0 Å². The molecule has 1 aromatic carbocycles. The van der Waals surface area contributed by atoms with Crippen LogP contribution < -0.4 is 5.32 Å². The average molecular weight is 409 g/mol. The Labute approximate surface area is 172 Å². The molecule has 1 N–H and O–H groups in total. The summed E-state index contributed by atoms with van der Waals surface area (Å²) < 4.78 is 0. The molecule has 0 spiro atoms. The molecule has 5 nitrogen and oxygen atoms in total. The summed E-state index contributed by atoms with van der Waals surface area (Å²) in [4.78, 5) is 19.0. The highest BCUT2D eigenvalue weighted by molar-refractivity contribution is 7.80. The summed E-state index contributed by atoms with van der Waals surface area (Å²) in [7, 11) is 0. The van der Waals surface area contributed by atoms with Gasteiger partial charge in [-0.25, -0.2) is 0 Å². The van der Waals surface area contributed by atoms with Gasteiger partial charge in [0.1, 0.15) is 0 Å². The third kappa shape index (κ3) is 5.56. The fraction of sp³-hybridized carbons (Fsp3) is 0.600. The minimum Gasteiger partial charge on any atom is -0.346 e. The van der Waals surface area contributed by atoms with Gasteiger partial charge in [0.2, 0.25) is 5.91 Å². The molecule has 1 aromatic rings. The lowest BCUT2D eigenvalue weighted by Gasteiger charge is -2.36. The molecule has 0 radical (unpaired) electrons. The lowest BCUT2D eigenvalue weighted by atomic mass is 10.2. The first-order valence-corrected chi connectivity index (χ1v) is 10.6. The predicted molar refractivity (Wildman–Crippen MR) is 115 cm³/mol. The Kier molecular flexibility index (Phi) is 7.33. The zero-order valence-electron chi connectivity index (χ0n) is 16.0. The second-order valence-corrected chi connectivity index (χ2v) is 8.19. The highest BCUT2D eigenvalue weighted by Gasteiger charge is 2.23. The normalized spacial score (nSPS) is 18.9. The molecule has 0 saturated carbocycles. The molecule has 1 amide bonds. The minimum absolute atomic E-state index is 0.278. The number of nitrogens with one attached hydrogen (secondary N) is 1. The van der Waals surface area contributed by atoms with E-state index in [1.54, 1.807) is 0 Å². The standard InChI is InChI=1S/C20H29ClN4OS/c1-16-17(21)7-6-8-18(16)22-20(27)25-13-11-23(12-14-25)15-19(26)24-9-4-2-3-5-10-24/h6-8H,2-5,9-15H2,1H3,(H,22,27). The van der Waals surface area contributed by atoms with Gasteiger partial charge in [-0.3, -0.25) is 9.69 Å². The summed E-state index contributed by atoms with van der Waals surface area (Å²) >= 11 is 11.8. The molecule has 0 atom stereocenters. The maximum atomic E-state index is 12.6. The number of amides is 1. The van der Waals surface area contributed by atoms with Crippen LogP contribution in [0, 0.1) is 6.92 Å². The quantitative estimate of drug-likeness (QED) is 0.776. The van der Waals surface area contributed by atoms with Gasteiger partial charge in [-0.15, -0.1) is 0 Å². The molecule has 0 aliphatic carbocycles. The summed E-state index contributed by atoms with van der Waals surface area (Å²) in [5.74, 6) is 0.278. The monoisotopic (exact) mass is 408 g/mol. The van der Waals surface area contributed by atoms with Gasteiger partial charge < -0.3 is 15.1 Å². The van der Waals surface area contributed by atoms with Crippen LogP contribution >= 0.6 is 23.8 Å². The van der Waals surface area contributed by atoms with Gasteiger partial charge in [-0.2, -0.15) is 0 Å². The summed E-state index contributed by atoms with van der Waals surface area (Å²) in [6.45, 7) is 7.74.